The van der Waals surface area contributed by atoms with E-state index in [-0.39, 0.29) is 0 Å². The Morgan fingerprint density at radius 2 is 1.84 bits per heavy atom. The summed E-state index contributed by atoms with van der Waals surface area (Å²) < 4.78 is 0. The number of aryl methyl sites for hydroxylation is 1. The fourth-order valence-electron chi connectivity index (χ4n) is 2.45. The summed E-state index contributed by atoms with van der Waals surface area (Å²) in [4.78, 5) is 0. The Hall–Kier alpha value is -1.96. The van der Waals surface area contributed by atoms with Gasteiger partial charge in [0.05, 0.1) is 6.04 Å². The molecule has 2 nitrogen and oxygen atoms in total. The molecule has 2 N–H and O–H groups in total. The highest BCUT2D eigenvalue weighted by Crippen LogP contribution is 2.43. The van der Waals surface area contributed by atoms with E-state index in [1.54, 1.807) is 12.1 Å². The monoisotopic (exact) mass is 253 g/mol. The molecule has 1 atom stereocenters. The Labute approximate surface area is 114 Å². The quantitative estimate of drug-likeness (QED) is 0.853. The van der Waals surface area contributed by atoms with Crippen LogP contribution in [0.15, 0.2) is 48.5 Å². The first kappa shape index (κ1) is 12.1. The molecule has 1 fully saturated rings. The summed E-state index contributed by atoms with van der Waals surface area (Å²) in [7, 11) is 0. The highest BCUT2D eigenvalue weighted by atomic mass is 16.3. The molecule has 2 heteroatoms. The highest BCUT2D eigenvalue weighted by Gasteiger charge is 2.32. The number of phenolic OH excluding ortho intramolecular Hbond substituents is 1. The zero-order valence-corrected chi connectivity index (χ0v) is 11.1. The molecule has 0 radical (unpaired) electrons. The van der Waals surface area contributed by atoms with Gasteiger partial charge in [-0.1, -0.05) is 35.9 Å². The third-order valence-corrected chi connectivity index (χ3v) is 3.70. The van der Waals surface area contributed by atoms with Crippen molar-refractivity contribution in [1.29, 1.82) is 0 Å². The highest BCUT2D eigenvalue weighted by molar-refractivity contribution is 5.50. The molecule has 1 aliphatic carbocycles. The maximum absolute atomic E-state index is 9.55. The summed E-state index contributed by atoms with van der Waals surface area (Å²) in [6, 6.07) is 16.4. The fourth-order valence-corrected chi connectivity index (χ4v) is 2.45. The Balaban J connectivity index is 1.83. The van der Waals surface area contributed by atoms with Gasteiger partial charge < -0.3 is 10.4 Å². The Morgan fingerprint density at radius 1 is 1.11 bits per heavy atom. The summed E-state index contributed by atoms with van der Waals surface area (Å²) >= 11 is 0. The maximum atomic E-state index is 9.55. The first-order valence-electron chi connectivity index (χ1n) is 6.84. The van der Waals surface area contributed by atoms with E-state index in [0.717, 1.165) is 5.69 Å². The molecule has 1 saturated carbocycles. The summed E-state index contributed by atoms with van der Waals surface area (Å²) in [6.45, 7) is 2.11. The lowest BCUT2D eigenvalue weighted by Crippen LogP contribution is -2.12. The molecule has 0 spiro atoms. The molecular weight excluding hydrogens is 234 g/mol. The van der Waals surface area contributed by atoms with Crippen molar-refractivity contribution >= 4 is 5.69 Å². The van der Waals surface area contributed by atoms with Crippen LogP contribution in [0.1, 0.15) is 30.0 Å². The number of anilines is 1. The van der Waals surface area contributed by atoms with Crippen molar-refractivity contribution in [2.75, 3.05) is 5.32 Å². The van der Waals surface area contributed by atoms with Gasteiger partial charge in [-0.25, -0.2) is 0 Å². The van der Waals surface area contributed by atoms with Crippen LogP contribution in [-0.2, 0) is 0 Å². The second-order valence-electron chi connectivity index (χ2n) is 5.42. The van der Waals surface area contributed by atoms with E-state index in [9.17, 15) is 5.11 Å². The van der Waals surface area contributed by atoms with E-state index in [0.29, 0.717) is 17.7 Å². The molecule has 2 aromatic rings. The molecule has 1 unspecified atom stereocenters. The van der Waals surface area contributed by atoms with Crippen LogP contribution in [0.2, 0.25) is 0 Å². The van der Waals surface area contributed by atoms with Crippen LogP contribution in [-0.4, -0.2) is 5.11 Å². The number of nitrogens with one attached hydrogen (secondary N) is 1. The summed E-state index contributed by atoms with van der Waals surface area (Å²) in [6.07, 6.45) is 2.56. The van der Waals surface area contributed by atoms with Gasteiger partial charge >= 0.3 is 0 Å². The van der Waals surface area contributed by atoms with Gasteiger partial charge in [-0.3, -0.25) is 0 Å². The van der Waals surface area contributed by atoms with E-state index in [2.05, 4.69) is 36.5 Å². The van der Waals surface area contributed by atoms with E-state index in [4.69, 9.17) is 0 Å². The summed E-state index contributed by atoms with van der Waals surface area (Å²) in [5, 5.41) is 13.1. The molecule has 0 bridgehead atoms. The lowest BCUT2D eigenvalue weighted by Gasteiger charge is -2.20. The standard InChI is InChI=1S/C17H19NO/c1-12-5-7-13(8-6-12)17(14-9-10-14)18-15-3-2-4-16(19)11-15/h2-8,11,14,17-19H,9-10H2,1H3. The molecule has 0 amide bonds. The zero-order valence-electron chi connectivity index (χ0n) is 11.1. The van der Waals surface area contributed by atoms with E-state index >= 15 is 0 Å². The smallest absolute Gasteiger partial charge is 0.117 e. The van der Waals surface area contributed by atoms with Gasteiger partial charge in [0.2, 0.25) is 0 Å². The molecule has 3 rings (SSSR count). The zero-order chi connectivity index (χ0) is 13.2. The second-order valence-corrected chi connectivity index (χ2v) is 5.42. The minimum atomic E-state index is 0.309. The van der Waals surface area contributed by atoms with E-state index < -0.39 is 0 Å². The average molecular weight is 253 g/mol. The van der Waals surface area contributed by atoms with Crippen molar-refractivity contribution in [3.05, 3.63) is 59.7 Å². The normalized spacial score (nSPS) is 16.1. The van der Waals surface area contributed by atoms with Gasteiger partial charge in [0.1, 0.15) is 5.75 Å². The molecule has 0 saturated heterocycles. The second kappa shape index (κ2) is 4.96. The van der Waals surface area contributed by atoms with Crippen LogP contribution in [0.5, 0.6) is 5.75 Å². The molecule has 0 aromatic heterocycles. The number of benzene rings is 2. The number of rotatable bonds is 4. The third-order valence-electron chi connectivity index (χ3n) is 3.70. The lowest BCUT2D eigenvalue weighted by atomic mass is 10.0. The van der Waals surface area contributed by atoms with Crippen LogP contribution >= 0.6 is 0 Å². The lowest BCUT2D eigenvalue weighted by molar-refractivity contribution is 0.475. The van der Waals surface area contributed by atoms with Crippen molar-refractivity contribution in [2.45, 2.75) is 25.8 Å². The molecule has 98 valence electrons. The van der Waals surface area contributed by atoms with Crippen molar-refractivity contribution in [2.24, 2.45) is 5.92 Å². The summed E-state index contributed by atoms with van der Waals surface area (Å²) in [5.74, 6) is 1.02. The van der Waals surface area contributed by atoms with Gasteiger partial charge in [-0.05, 0) is 43.4 Å². The molecular formula is C17H19NO. The third kappa shape index (κ3) is 2.90. The number of hydrogen-bond acceptors (Lipinski definition) is 2. The minimum Gasteiger partial charge on any atom is -0.508 e. The number of phenols is 1. The van der Waals surface area contributed by atoms with Crippen molar-refractivity contribution in [3.63, 3.8) is 0 Å². The first-order chi connectivity index (χ1) is 9.22. The van der Waals surface area contributed by atoms with Gasteiger partial charge in [0.15, 0.2) is 0 Å². The molecule has 1 aliphatic rings. The SMILES string of the molecule is Cc1ccc(C(Nc2cccc(O)c2)C2CC2)cc1. The minimum absolute atomic E-state index is 0.309. The largest absolute Gasteiger partial charge is 0.508 e. The Morgan fingerprint density at radius 3 is 2.47 bits per heavy atom. The first-order valence-corrected chi connectivity index (χ1v) is 6.84. The maximum Gasteiger partial charge on any atom is 0.117 e. The van der Waals surface area contributed by atoms with E-state index in [1.807, 2.05) is 12.1 Å². The fraction of sp³-hybridized carbons (Fsp3) is 0.294. The van der Waals surface area contributed by atoms with Gasteiger partial charge in [0, 0.05) is 11.8 Å². The molecule has 0 aliphatic heterocycles. The van der Waals surface area contributed by atoms with Crippen molar-refractivity contribution in [1.82, 2.24) is 0 Å². The van der Waals surface area contributed by atoms with E-state index in [1.165, 1.54) is 24.0 Å². The van der Waals surface area contributed by atoms with Crippen LogP contribution in [0.4, 0.5) is 5.69 Å². The van der Waals surface area contributed by atoms with Crippen molar-refractivity contribution in [3.8, 4) is 5.75 Å². The summed E-state index contributed by atoms with van der Waals surface area (Å²) in [5.41, 5.74) is 3.60. The predicted octanol–water partition coefficient (Wildman–Crippen LogP) is 4.26. The molecule has 2 aromatic carbocycles. The van der Waals surface area contributed by atoms with Crippen LogP contribution < -0.4 is 5.32 Å². The topological polar surface area (TPSA) is 32.3 Å². The number of hydrogen-bond donors (Lipinski definition) is 2. The van der Waals surface area contributed by atoms with Crippen LogP contribution in [0.3, 0.4) is 0 Å². The van der Waals surface area contributed by atoms with Gasteiger partial charge in [-0.2, -0.15) is 0 Å². The Kier molecular flexibility index (Phi) is 3.16. The average Bonchev–Trinajstić information content (AvgIpc) is 3.22. The molecule has 0 heterocycles. The van der Waals surface area contributed by atoms with Gasteiger partial charge in [0.25, 0.3) is 0 Å². The Bertz CT molecular complexity index is 558. The van der Waals surface area contributed by atoms with Gasteiger partial charge in [-0.15, -0.1) is 0 Å². The van der Waals surface area contributed by atoms with Crippen molar-refractivity contribution < 1.29 is 5.11 Å². The predicted molar refractivity (Wildman–Crippen MR) is 78.4 cm³/mol. The van der Waals surface area contributed by atoms with Crippen LogP contribution in [0, 0.1) is 12.8 Å². The molecule has 19 heavy (non-hydrogen) atoms. The number of aromatic hydroxyl groups is 1. The van der Waals surface area contributed by atoms with Crippen LogP contribution in [0.25, 0.3) is 0 Å².